The number of fused-ring (bicyclic) bond motifs is 2. The summed E-state index contributed by atoms with van der Waals surface area (Å²) in [6.07, 6.45) is 0. The van der Waals surface area contributed by atoms with Gasteiger partial charge in [-0.05, 0) is 35.2 Å². The van der Waals surface area contributed by atoms with Crippen LogP contribution in [0.4, 0.5) is 11.6 Å². The molecule has 1 amide bonds. The van der Waals surface area contributed by atoms with Crippen molar-refractivity contribution in [2.24, 2.45) is 0 Å². The first-order chi connectivity index (χ1) is 12.8. The van der Waals surface area contributed by atoms with E-state index in [0.717, 1.165) is 23.4 Å². The van der Waals surface area contributed by atoms with Gasteiger partial charge in [0.2, 0.25) is 0 Å². The Morgan fingerprint density at radius 3 is 2.07 bits per heavy atom. The highest BCUT2D eigenvalue weighted by Gasteiger charge is 2.29. The number of benzene rings is 2. The molecule has 0 spiro atoms. The van der Waals surface area contributed by atoms with E-state index in [2.05, 4.69) is 25.7 Å². The van der Waals surface area contributed by atoms with Crippen molar-refractivity contribution >= 4 is 28.6 Å². The van der Waals surface area contributed by atoms with Crippen LogP contribution in [0.1, 0.15) is 36.7 Å². The quantitative estimate of drug-likeness (QED) is 0.658. The van der Waals surface area contributed by atoms with E-state index in [9.17, 15) is 4.79 Å². The van der Waals surface area contributed by atoms with Crippen molar-refractivity contribution in [2.75, 3.05) is 29.9 Å². The van der Waals surface area contributed by atoms with Crippen molar-refractivity contribution in [1.82, 2.24) is 9.97 Å². The Balaban J connectivity index is 1.74. The van der Waals surface area contributed by atoms with Crippen molar-refractivity contribution < 1.29 is 4.79 Å². The van der Waals surface area contributed by atoms with Gasteiger partial charge < -0.3 is 4.90 Å². The SMILES string of the molecule is CN1CCN(C(=O)c2ccc(C(C)(C)C)cc2)c2nc3ccccc3nc21. The molecule has 0 aliphatic carbocycles. The van der Waals surface area contributed by atoms with Crippen LogP contribution in [-0.4, -0.2) is 36.0 Å². The second-order valence-corrected chi connectivity index (χ2v) is 8.07. The van der Waals surface area contributed by atoms with Crippen LogP contribution in [0.25, 0.3) is 11.0 Å². The summed E-state index contributed by atoms with van der Waals surface area (Å²) in [6, 6.07) is 15.7. The van der Waals surface area contributed by atoms with Gasteiger partial charge in [-0.3, -0.25) is 9.69 Å². The Kier molecular flexibility index (Phi) is 4.10. The zero-order chi connectivity index (χ0) is 19.2. The minimum atomic E-state index is -0.0330. The maximum Gasteiger partial charge on any atom is 0.259 e. The van der Waals surface area contributed by atoms with E-state index >= 15 is 0 Å². The van der Waals surface area contributed by atoms with Crippen LogP contribution >= 0.6 is 0 Å². The maximum atomic E-state index is 13.2. The topological polar surface area (TPSA) is 49.3 Å². The molecule has 0 saturated carbocycles. The molecule has 0 N–H and O–H groups in total. The summed E-state index contributed by atoms with van der Waals surface area (Å²) in [4.78, 5) is 26.5. The van der Waals surface area contributed by atoms with E-state index in [-0.39, 0.29) is 11.3 Å². The summed E-state index contributed by atoms with van der Waals surface area (Å²) in [7, 11) is 1.99. The van der Waals surface area contributed by atoms with E-state index in [1.807, 2.05) is 55.6 Å². The molecule has 0 bridgehead atoms. The smallest absolute Gasteiger partial charge is 0.259 e. The first kappa shape index (κ1) is 17.5. The predicted octanol–water partition coefficient (Wildman–Crippen LogP) is 4.02. The fourth-order valence-electron chi connectivity index (χ4n) is 3.35. The molecule has 1 aliphatic heterocycles. The lowest BCUT2D eigenvalue weighted by molar-refractivity contribution is 0.0986. The minimum Gasteiger partial charge on any atom is -0.355 e. The summed E-state index contributed by atoms with van der Waals surface area (Å²) < 4.78 is 0. The highest BCUT2D eigenvalue weighted by Crippen LogP contribution is 2.32. The van der Waals surface area contributed by atoms with Gasteiger partial charge in [0, 0.05) is 25.7 Å². The molecule has 5 heteroatoms. The van der Waals surface area contributed by atoms with Crippen LogP contribution in [-0.2, 0) is 5.41 Å². The average molecular weight is 360 g/mol. The van der Waals surface area contributed by atoms with Crippen LogP contribution in [0.2, 0.25) is 0 Å². The van der Waals surface area contributed by atoms with Gasteiger partial charge in [0.15, 0.2) is 11.6 Å². The molecular weight excluding hydrogens is 336 g/mol. The molecule has 3 aromatic rings. The van der Waals surface area contributed by atoms with Crippen LogP contribution in [0.5, 0.6) is 0 Å². The maximum absolute atomic E-state index is 13.2. The van der Waals surface area contributed by atoms with E-state index < -0.39 is 0 Å². The summed E-state index contributed by atoms with van der Waals surface area (Å²) in [5.74, 6) is 1.35. The van der Waals surface area contributed by atoms with Gasteiger partial charge >= 0.3 is 0 Å². The molecule has 0 atom stereocenters. The molecule has 0 unspecified atom stereocenters. The third-order valence-corrected chi connectivity index (χ3v) is 5.05. The number of likely N-dealkylation sites (N-methyl/N-ethyl adjacent to an activating group) is 1. The standard InChI is InChI=1S/C22H24N4O/c1-22(2,3)16-11-9-15(10-12-16)21(27)26-14-13-25(4)19-20(26)24-18-8-6-5-7-17(18)23-19/h5-12H,13-14H2,1-4H3. The number of carbonyl (C=O) groups excluding carboxylic acids is 1. The molecule has 0 radical (unpaired) electrons. The molecule has 5 nitrogen and oxygen atoms in total. The largest absolute Gasteiger partial charge is 0.355 e. The number of aromatic nitrogens is 2. The number of hydrogen-bond donors (Lipinski definition) is 0. The Morgan fingerprint density at radius 1 is 0.889 bits per heavy atom. The number of carbonyl (C=O) groups is 1. The molecule has 0 saturated heterocycles. The predicted molar refractivity (Wildman–Crippen MR) is 110 cm³/mol. The van der Waals surface area contributed by atoms with Crippen LogP contribution in [0.15, 0.2) is 48.5 Å². The second-order valence-electron chi connectivity index (χ2n) is 8.07. The minimum absolute atomic E-state index is 0.0330. The van der Waals surface area contributed by atoms with E-state index in [1.54, 1.807) is 4.90 Å². The number of hydrogen-bond acceptors (Lipinski definition) is 4. The molecule has 1 aliphatic rings. The summed E-state index contributed by atoms with van der Waals surface area (Å²) in [5.41, 5.74) is 3.59. The van der Waals surface area contributed by atoms with Crippen molar-refractivity contribution in [1.29, 1.82) is 0 Å². The number of rotatable bonds is 1. The normalized spacial score (nSPS) is 14.4. The van der Waals surface area contributed by atoms with E-state index in [1.165, 1.54) is 5.56 Å². The lowest BCUT2D eigenvalue weighted by Crippen LogP contribution is -2.43. The van der Waals surface area contributed by atoms with Crippen LogP contribution < -0.4 is 9.80 Å². The number of amides is 1. The first-order valence-corrected chi connectivity index (χ1v) is 9.25. The van der Waals surface area contributed by atoms with Gasteiger partial charge in [-0.1, -0.05) is 45.0 Å². The number of nitrogens with zero attached hydrogens (tertiary/aromatic N) is 4. The molecule has 4 rings (SSSR count). The number of anilines is 2. The van der Waals surface area contributed by atoms with Crippen LogP contribution in [0, 0.1) is 0 Å². The summed E-state index contributed by atoms with van der Waals surface area (Å²) >= 11 is 0. The van der Waals surface area contributed by atoms with Gasteiger partial charge in [-0.15, -0.1) is 0 Å². The summed E-state index contributed by atoms with van der Waals surface area (Å²) in [6.45, 7) is 7.83. The third-order valence-electron chi connectivity index (χ3n) is 5.05. The highest BCUT2D eigenvalue weighted by molar-refractivity contribution is 6.07. The fourth-order valence-corrected chi connectivity index (χ4v) is 3.35. The van der Waals surface area contributed by atoms with Crippen molar-refractivity contribution in [2.45, 2.75) is 26.2 Å². The molecular formula is C22H24N4O. The van der Waals surface area contributed by atoms with Gasteiger partial charge in [0.25, 0.3) is 5.91 Å². The lowest BCUT2D eigenvalue weighted by atomic mass is 9.86. The Morgan fingerprint density at radius 2 is 1.48 bits per heavy atom. The molecule has 27 heavy (non-hydrogen) atoms. The van der Waals surface area contributed by atoms with Crippen molar-refractivity contribution in [3.05, 3.63) is 59.7 Å². The van der Waals surface area contributed by atoms with Crippen molar-refractivity contribution in [3.63, 3.8) is 0 Å². The third kappa shape index (κ3) is 3.14. The van der Waals surface area contributed by atoms with E-state index in [0.29, 0.717) is 17.9 Å². The highest BCUT2D eigenvalue weighted by atomic mass is 16.2. The zero-order valence-electron chi connectivity index (χ0n) is 16.2. The van der Waals surface area contributed by atoms with Gasteiger partial charge in [0.05, 0.1) is 11.0 Å². The van der Waals surface area contributed by atoms with Gasteiger partial charge in [-0.25, -0.2) is 9.97 Å². The molecule has 2 aromatic carbocycles. The molecule has 1 aromatic heterocycles. The van der Waals surface area contributed by atoms with Crippen LogP contribution in [0.3, 0.4) is 0 Å². The van der Waals surface area contributed by atoms with Crippen molar-refractivity contribution in [3.8, 4) is 0 Å². The Bertz CT molecular complexity index is 1000. The Labute approximate surface area is 159 Å². The van der Waals surface area contributed by atoms with E-state index in [4.69, 9.17) is 9.97 Å². The zero-order valence-corrected chi connectivity index (χ0v) is 16.2. The molecule has 138 valence electrons. The monoisotopic (exact) mass is 360 g/mol. The summed E-state index contributed by atoms with van der Waals surface area (Å²) in [5, 5.41) is 0. The fraction of sp³-hybridized carbons (Fsp3) is 0.318. The first-order valence-electron chi connectivity index (χ1n) is 9.25. The lowest BCUT2D eigenvalue weighted by Gasteiger charge is -2.33. The number of para-hydroxylation sites is 2. The second kappa shape index (κ2) is 6.34. The molecule has 2 heterocycles. The van der Waals surface area contributed by atoms with Gasteiger partial charge in [-0.2, -0.15) is 0 Å². The average Bonchev–Trinajstić information content (AvgIpc) is 2.66. The molecule has 0 fully saturated rings. The Hall–Kier alpha value is -2.95. The van der Waals surface area contributed by atoms with Gasteiger partial charge in [0.1, 0.15) is 0 Å².